The third kappa shape index (κ3) is 5.34. The molecule has 3 rings (SSSR count). The molecule has 0 bridgehead atoms. The average molecular weight is 394 g/mol. The van der Waals surface area contributed by atoms with Crippen LogP contribution in [0.5, 0.6) is 17.4 Å². The Morgan fingerprint density at radius 2 is 1.93 bits per heavy atom. The van der Waals surface area contributed by atoms with Crippen molar-refractivity contribution in [2.75, 3.05) is 11.9 Å². The van der Waals surface area contributed by atoms with Crippen molar-refractivity contribution >= 4 is 17.3 Å². The molecule has 0 aliphatic heterocycles. The Morgan fingerprint density at radius 1 is 1.15 bits per heavy atom. The highest BCUT2D eigenvalue weighted by Gasteiger charge is 2.13. The lowest BCUT2D eigenvalue weighted by Crippen LogP contribution is -2.09. The van der Waals surface area contributed by atoms with Crippen LogP contribution >= 0.6 is 11.6 Å². The maximum Gasteiger partial charge on any atom is 0.272 e. The van der Waals surface area contributed by atoms with Crippen LogP contribution in [0.3, 0.4) is 0 Å². The van der Waals surface area contributed by atoms with E-state index in [4.69, 9.17) is 21.1 Å². The molecule has 1 N–H and O–H groups in total. The molecule has 0 spiro atoms. The summed E-state index contributed by atoms with van der Waals surface area (Å²) >= 11 is 6.34. The van der Waals surface area contributed by atoms with Gasteiger partial charge in [0, 0.05) is 18.6 Å². The van der Waals surface area contributed by atoms with E-state index >= 15 is 0 Å². The van der Waals surface area contributed by atoms with Gasteiger partial charge in [-0.25, -0.2) is 8.78 Å². The second kappa shape index (κ2) is 8.73. The fourth-order valence-electron chi connectivity index (χ4n) is 2.39. The van der Waals surface area contributed by atoms with E-state index in [1.54, 1.807) is 19.3 Å². The largest absolute Gasteiger partial charge is 0.469 e. The van der Waals surface area contributed by atoms with Crippen molar-refractivity contribution < 1.29 is 18.3 Å². The molecule has 8 heteroatoms. The number of halogens is 3. The van der Waals surface area contributed by atoms with Gasteiger partial charge in [0.05, 0.1) is 6.20 Å². The summed E-state index contributed by atoms with van der Waals surface area (Å²) in [5.74, 6) is 1.46. The molecule has 0 aliphatic rings. The summed E-state index contributed by atoms with van der Waals surface area (Å²) < 4.78 is 37.0. The van der Waals surface area contributed by atoms with Gasteiger partial charge in [-0.15, -0.1) is 5.10 Å². The van der Waals surface area contributed by atoms with Crippen molar-refractivity contribution in [1.82, 2.24) is 9.78 Å². The number of anilines is 1. The minimum atomic E-state index is -2.56. The molecule has 142 valence electrons. The van der Waals surface area contributed by atoms with E-state index in [2.05, 4.69) is 10.4 Å². The smallest absolute Gasteiger partial charge is 0.272 e. The van der Waals surface area contributed by atoms with E-state index in [1.165, 1.54) is 4.68 Å². The number of hydrogen-bond donors (Lipinski definition) is 1. The molecular formula is C19H18ClF2N3O2. The predicted octanol–water partition coefficient (Wildman–Crippen LogP) is 5.12. The van der Waals surface area contributed by atoms with E-state index in [0.29, 0.717) is 23.0 Å². The van der Waals surface area contributed by atoms with E-state index in [0.717, 1.165) is 11.3 Å². The zero-order valence-corrected chi connectivity index (χ0v) is 15.3. The quantitative estimate of drug-likeness (QED) is 0.577. The van der Waals surface area contributed by atoms with Crippen LogP contribution in [0, 0.1) is 0 Å². The summed E-state index contributed by atoms with van der Waals surface area (Å²) in [6, 6.07) is 14.8. The lowest BCUT2D eigenvalue weighted by molar-refractivity contribution is 0.0796. The van der Waals surface area contributed by atoms with Crippen molar-refractivity contribution in [3.8, 4) is 17.4 Å². The zero-order valence-electron chi connectivity index (χ0n) is 14.5. The van der Waals surface area contributed by atoms with Gasteiger partial charge >= 0.3 is 0 Å². The van der Waals surface area contributed by atoms with Crippen LogP contribution in [-0.2, 0) is 13.6 Å². The van der Waals surface area contributed by atoms with Gasteiger partial charge in [0.15, 0.2) is 6.61 Å². The first-order chi connectivity index (χ1) is 13.0. The number of aromatic nitrogens is 2. The Kier molecular flexibility index (Phi) is 6.13. The summed E-state index contributed by atoms with van der Waals surface area (Å²) in [6.45, 7) is -0.334. The summed E-state index contributed by atoms with van der Waals surface area (Å²) in [4.78, 5) is 0. The molecule has 0 radical (unpaired) electrons. The summed E-state index contributed by atoms with van der Waals surface area (Å²) in [5.41, 5.74) is 1.33. The number of para-hydroxylation sites is 1. The first-order valence-electron chi connectivity index (χ1n) is 8.21. The summed E-state index contributed by atoms with van der Waals surface area (Å²) in [6.07, 6.45) is -0.909. The highest BCUT2D eigenvalue weighted by Crippen LogP contribution is 2.28. The first-order valence-corrected chi connectivity index (χ1v) is 8.59. The van der Waals surface area contributed by atoms with Gasteiger partial charge in [0.25, 0.3) is 12.3 Å². The number of rotatable bonds is 8. The molecule has 0 saturated carbocycles. The van der Waals surface area contributed by atoms with E-state index in [1.807, 2.05) is 42.5 Å². The molecule has 0 amide bonds. The number of nitrogens with one attached hydrogen (secondary N) is 1. The Bertz CT molecular complexity index is 888. The van der Waals surface area contributed by atoms with Crippen LogP contribution in [0.4, 0.5) is 14.5 Å². The van der Waals surface area contributed by atoms with Crippen LogP contribution in [0.1, 0.15) is 5.56 Å². The van der Waals surface area contributed by atoms with Crippen LogP contribution in [0.2, 0.25) is 5.02 Å². The Balaban J connectivity index is 1.65. The predicted molar refractivity (Wildman–Crippen MR) is 100 cm³/mol. The van der Waals surface area contributed by atoms with Crippen LogP contribution in [0.15, 0.2) is 54.7 Å². The van der Waals surface area contributed by atoms with Crippen molar-refractivity contribution in [3.63, 3.8) is 0 Å². The van der Waals surface area contributed by atoms with E-state index in [9.17, 15) is 8.78 Å². The Labute approximate surface area is 160 Å². The molecule has 0 unspecified atom stereocenters. The lowest BCUT2D eigenvalue weighted by atomic mass is 10.2. The molecule has 1 heterocycles. The SMILES string of the molecule is Cn1cc(NCc2ccc(Oc3ccccc3)cc2Cl)c(OCC(F)F)n1. The van der Waals surface area contributed by atoms with Gasteiger partial charge < -0.3 is 14.8 Å². The number of alkyl halides is 2. The highest BCUT2D eigenvalue weighted by molar-refractivity contribution is 6.31. The van der Waals surface area contributed by atoms with Gasteiger partial charge in [-0.3, -0.25) is 4.68 Å². The minimum absolute atomic E-state index is 0.123. The standard InChI is InChI=1S/C19H18ClF2N3O2/c1-25-11-17(19(24-25)26-12-18(21)22)23-10-13-7-8-15(9-16(13)20)27-14-5-3-2-4-6-14/h2-9,11,18,23H,10,12H2,1H3. The topological polar surface area (TPSA) is 48.3 Å². The van der Waals surface area contributed by atoms with Gasteiger partial charge in [0.1, 0.15) is 17.2 Å². The number of benzene rings is 2. The zero-order chi connectivity index (χ0) is 19.2. The van der Waals surface area contributed by atoms with Crippen LogP contribution in [-0.4, -0.2) is 22.8 Å². The number of hydrogen-bond acceptors (Lipinski definition) is 4. The fraction of sp³-hybridized carbons (Fsp3) is 0.211. The van der Waals surface area contributed by atoms with Gasteiger partial charge in [0.2, 0.25) is 0 Å². The van der Waals surface area contributed by atoms with Crippen LogP contribution in [0.25, 0.3) is 0 Å². The number of aryl methyl sites for hydroxylation is 1. The van der Waals surface area contributed by atoms with Gasteiger partial charge in [-0.05, 0) is 29.8 Å². The van der Waals surface area contributed by atoms with E-state index in [-0.39, 0.29) is 5.88 Å². The molecule has 5 nitrogen and oxygen atoms in total. The molecule has 27 heavy (non-hydrogen) atoms. The molecule has 2 aromatic carbocycles. The summed E-state index contributed by atoms with van der Waals surface area (Å²) in [7, 11) is 1.68. The van der Waals surface area contributed by atoms with Crippen molar-refractivity contribution in [3.05, 3.63) is 65.3 Å². The Morgan fingerprint density at radius 3 is 2.63 bits per heavy atom. The monoisotopic (exact) mass is 393 g/mol. The number of ether oxygens (including phenoxy) is 2. The molecule has 0 aliphatic carbocycles. The fourth-order valence-corrected chi connectivity index (χ4v) is 2.63. The second-order valence-corrected chi connectivity index (χ2v) is 6.15. The van der Waals surface area contributed by atoms with Crippen LogP contribution < -0.4 is 14.8 Å². The van der Waals surface area contributed by atoms with Crippen molar-refractivity contribution in [1.29, 1.82) is 0 Å². The minimum Gasteiger partial charge on any atom is -0.469 e. The normalized spacial score (nSPS) is 10.9. The highest BCUT2D eigenvalue weighted by atomic mass is 35.5. The number of nitrogens with zero attached hydrogens (tertiary/aromatic N) is 2. The van der Waals surface area contributed by atoms with Gasteiger partial charge in [-0.2, -0.15) is 0 Å². The Hall–Kier alpha value is -2.80. The molecule has 0 atom stereocenters. The molecule has 3 aromatic rings. The van der Waals surface area contributed by atoms with E-state index < -0.39 is 13.0 Å². The first kappa shape index (κ1) is 19.0. The molecular weight excluding hydrogens is 376 g/mol. The molecule has 1 aromatic heterocycles. The molecule has 0 fully saturated rings. The van der Waals surface area contributed by atoms with Crippen molar-refractivity contribution in [2.45, 2.75) is 13.0 Å². The average Bonchev–Trinajstić information content (AvgIpc) is 3.00. The molecule has 0 saturated heterocycles. The summed E-state index contributed by atoms with van der Waals surface area (Å²) in [5, 5.41) is 7.65. The van der Waals surface area contributed by atoms with Gasteiger partial charge in [-0.1, -0.05) is 35.9 Å². The third-order valence-corrected chi connectivity index (χ3v) is 3.97. The van der Waals surface area contributed by atoms with Crippen molar-refractivity contribution in [2.24, 2.45) is 7.05 Å². The third-order valence-electron chi connectivity index (χ3n) is 3.61. The lowest BCUT2D eigenvalue weighted by Gasteiger charge is -2.11. The maximum atomic E-state index is 12.3. The second-order valence-electron chi connectivity index (χ2n) is 5.75. The maximum absolute atomic E-state index is 12.3.